The largest absolute Gasteiger partial charge is 0.489 e. The maximum atomic E-state index is 13.6. The molecule has 9 heteroatoms. The van der Waals surface area contributed by atoms with Gasteiger partial charge < -0.3 is 15.0 Å². The van der Waals surface area contributed by atoms with Crippen LogP contribution in [0, 0.1) is 0 Å². The molecule has 1 saturated carbocycles. The van der Waals surface area contributed by atoms with E-state index in [2.05, 4.69) is 10.2 Å². The summed E-state index contributed by atoms with van der Waals surface area (Å²) in [5.41, 5.74) is 7.14. The Balaban J connectivity index is 1.38. The summed E-state index contributed by atoms with van der Waals surface area (Å²) in [6.07, 6.45) is 2.36. The van der Waals surface area contributed by atoms with Gasteiger partial charge in [0.25, 0.3) is 0 Å². The van der Waals surface area contributed by atoms with Crippen LogP contribution in [0.4, 0.5) is 5.69 Å². The van der Waals surface area contributed by atoms with E-state index in [1.807, 2.05) is 64.1 Å². The SMILES string of the molecule is NC(=O)CCn1c(SCC(=O)N2c3ccccc3OCC2c2ccccc2)nnc1C1CC1. The summed E-state index contributed by atoms with van der Waals surface area (Å²) in [6.45, 7) is 0.815. The molecule has 0 radical (unpaired) electrons. The van der Waals surface area contributed by atoms with Gasteiger partial charge in [-0.2, -0.15) is 0 Å². The lowest BCUT2D eigenvalue weighted by Gasteiger charge is -2.37. The first kappa shape index (κ1) is 21.5. The molecule has 170 valence electrons. The molecule has 1 aliphatic carbocycles. The number of amides is 2. The highest BCUT2D eigenvalue weighted by Crippen LogP contribution is 2.41. The number of hydrogen-bond donors (Lipinski definition) is 1. The lowest BCUT2D eigenvalue weighted by atomic mass is 10.0. The van der Waals surface area contributed by atoms with E-state index >= 15 is 0 Å². The van der Waals surface area contributed by atoms with E-state index in [4.69, 9.17) is 10.5 Å². The van der Waals surface area contributed by atoms with Crippen LogP contribution in [0.15, 0.2) is 59.8 Å². The average molecular weight is 464 g/mol. The van der Waals surface area contributed by atoms with Crippen molar-refractivity contribution < 1.29 is 14.3 Å². The second kappa shape index (κ2) is 9.27. The molecule has 1 aliphatic heterocycles. The molecule has 2 heterocycles. The number of para-hydroxylation sites is 2. The van der Waals surface area contributed by atoms with E-state index in [9.17, 15) is 9.59 Å². The number of benzene rings is 2. The van der Waals surface area contributed by atoms with Crippen molar-refractivity contribution in [2.24, 2.45) is 5.73 Å². The number of carbonyl (C=O) groups is 2. The standard InChI is InChI=1S/C24H25N5O3S/c25-21(30)12-13-28-23(17-10-11-17)26-27-24(28)33-15-22(31)29-18-8-4-5-9-20(18)32-14-19(29)16-6-2-1-3-7-16/h1-9,17,19H,10-15H2,(H2,25,30). The summed E-state index contributed by atoms with van der Waals surface area (Å²) in [7, 11) is 0. The van der Waals surface area contributed by atoms with Crippen molar-refractivity contribution in [3.8, 4) is 5.75 Å². The quantitative estimate of drug-likeness (QED) is 0.514. The minimum absolute atomic E-state index is 0.0398. The fourth-order valence-corrected chi connectivity index (χ4v) is 4.93. The average Bonchev–Trinajstić information content (AvgIpc) is 3.61. The van der Waals surface area contributed by atoms with Gasteiger partial charge in [0.15, 0.2) is 5.16 Å². The van der Waals surface area contributed by atoms with Gasteiger partial charge in [-0.15, -0.1) is 10.2 Å². The van der Waals surface area contributed by atoms with E-state index in [-0.39, 0.29) is 30.0 Å². The Morgan fingerprint density at radius 1 is 1.06 bits per heavy atom. The molecule has 3 aromatic rings. The predicted molar refractivity (Wildman–Crippen MR) is 125 cm³/mol. The number of ether oxygens (including phenoxy) is 1. The molecule has 1 aromatic heterocycles. The number of aromatic nitrogens is 3. The van der Waals surface area contributed by atoms with E-state index in [1.165, 1.54) is 11.8 Å². The fraction of sp³-hybridized carbons (Fsp3) is 0.333. The van der Waals surface area contributed by atoms with Gasteiger partial charge in [0.05, 0.1) is 17.5 Å². The fourth-order valence-electron chi connectivity index (χ4n) is 4.10. The summed E-state index contributed by atoms with van der Waals surface area (Å²) in [4.78, 5) is 26.7. The third-order valence-electron chi connectivity index (χ3n) is 5.88. The minimum Gasteiger partial charge on any atom is -0.489 e. The number of carbonyl (C=O) groups excluding carboxylic acids is 2. The molecule has 1 unspecified atom stereocenters. The molecule has 33 heavy (non-hydrogen) atoms. The Labute approximate surface area is 196 Å². The summed E-state index contributed by atoms with van der Waals surface area (Å²) < 4.78 is 7.92. The summed E-state index contributed by atoms with van der Waals surface area (Å²) in [5.74, 6) is 1.74. The number of thioether (sulfide) groups is 1. The van der Waals surface area contributed by atoms with Gasteiger partial charge in [-0.25, -0.2) is 0 Å². The van der Waals surface area contributed by atoms with Gasteiger partial charge in [-0.05, 0) is 30.5 Å². The first-order chi connectivity index (χ1) is 16.1. The first-order valence-electron chi connectivity index (χ1n) is 11.0. The van der Waals surface area contributed by atoms with Crippen molar-refractivity contribution in [2.45, 2.75) is 42.9 Å². The van der Waals surface area contributed by atoms with Crippen molar-refractivity contribution in [1.29, 1.82) is 0 Å². The number of nitrogens with two attached hydrogens (primary N) is 1. The highest BCUT2D eigenvalue weighted by molar-refractivity contribution is 7.99. The summed E-state index contributed by atoms with van der Waals surface area (Å²) in [5, 5.41) is 9.31. The molecule has 5 rings (SSSR count). The van der Waals surface area contributed by atoms with Crippen molar-refractivity contribution in [1.82, 2.24) is 14.8 Å². The van der Waals surface area contributed by atoms with Gasteiger partial charge in [0.2, 0.25) is 11.8 Å². The molecule has 2 amide bonds. The second-order valence-electron chi connectivity index (χ2n) is 8.24. The molecule has 8 nitrogen and oxygen atoms in total. The number of primary amides is 1. The molecular formula is C24H25N5O3S. The molecule has 1 atom stereocenters. The Morgan fingerprint density at radius 2 is 1.82 bits per heavy atom. The summed E-state index contributed by atoms with van der Waals surface area (Å²) in [6, 6.07) is 17.3. The van der Waals surface area contributed by atoms with Gasteiger partial charge in [-0.1, -0.05) is 54.2 Å². The molecule has 0 spiro atoms. The van der Waals surface area contributed by atoms with Crippen molar-refractivity contribution in [3.63, 3.8) is 0 Å². The van der Waals surface area contributed by atoms with Crippen LogP contribution < -0.4 is 15.4 Å². The Morgan fingerprint density at radius 3 is 2.58 bits per heavy atom. The number of rotatable bonds is 8. The molecule has 2 aromatic carbocycles. The maximum Gasteiger partial charge on any atom is 0.238 e. The van der Waals surface area contributed by atoms with Crippen molar-refractivity contribution in [2.75, 3.05) is 17.3 Å². The predicted octanol–water partition coefficient (Wildman–Crippen LogP) is 3.29. The molecule has 2 aliphatic rings. The topological polar surface area (TPSA) is 103 Å². The second-order valence-corrected chi connectivity index (χ2v) is 9.18. The van der Waals surface area contributed by atoms with E-state index in [0.29, 0.717) is 30.0 Å². The molecule has 0 saturated heterocycles. The smallest absolute Gasteiger partial charge is 0.238 e. The van der Waals surface area contributed by atoms with E-state index in [1.54, 1.807) is 0 Å². The Hall–Kier alpha value is -3.33. The maximum absolute atomic E-state index is 13.6. The van der Waals surface area contributed by atoms with Gasteiger partial charge >= 0.3 is 0 Å². The zero-order valence-electron chi connectivity index (χ0n) is 18.1. The van der Waals surface area contributed by atoms with Crippen LogP contribution in [0.3, 0.4) is 0 Å². The van der Waals surface area contributed by atoms with Crippen LogP contribution in [-0.4, -0.2) is 38.9 Å². The normalized spacial score (nSPS) is 17.3. The van der Waals surface area contributed by atoms with Crippen LogP contribution in [0.1, 0.15) is 42.6 Å². The molecule has 1 fully saturated rings. The van der Waals surface area contributed by atoms with Crippen molar-refractivity contribution >= 4 is 29.3 Å². The third-order valence-corrected chi connectivity index (χ3v) is 6.83. The van der Waals surface area contributed by atoms with Crippen LogP contribution in [0.25, 0.3) is 0 Å². The zero-order chi connectivity index (χ0) is 22.8. The van der Waals surface area contributed by atoms with Crippen LogP contribution in [-0.2, 0) is 16.1 Å². The van der Waals surface area contributed by atoms with Gasteiger partial charge in [0.1, 0.15) is 18.2 Å². The number of fused-ring (bicyclic) bond motifs is 1. The third kappa shape index (κ3) is 4.59. The summed E-state index contributed by atoms with van der Waals surface area (Å²) >= 11 is 1.34. The lowest BCUT2D eigenvalue weighted by molar-refractivity contribution is -0.118. The monoisotopic (exact) mass is 463 g/mol. The highest BCUT2D eigenvalue weighted by atomic mass is 32.2. The lowest BCUT2D eigenvalue weighted by Crippen LogP contribution is -2.42. The number of nitrogens with zero attached hydrogens (tertiary/aromatic N) is 4. The first-order valence-corrected chi connectivity index (χ1v) is 12.0. The van der Waals surface area contributed by atoms with Crippen LogP contribution in [0.2, 0.25) is 0 Å². The molecule has 2 N–H and O–H groups in total. The highest BCUT2D eigenvalue weighted by Gasteiger charge is 2.34. The molecular weight excluding hydrogens is 438 g/mol. The molecule has 0 bridgehead atoms. The van der Waals surface area contributed by atoms with Crippen LogP contribution in [0.5, 0.6) is 5.75 Å². The Kier molecular flexibility index (Phi) is 6.04. The number of hydrogen-bond acceptors (Lipinski definition) is 6. The Bertz CT molecular complexity index is 1160. The van der Waals surface area contributed by atoms with Crippen LogP contribution >= 0.6 is 11.8 Å². The minimum atomic E-state index is -0.368. The van der Waals surface area contributed by atoms with Crippen molar-refractivity contribution in [3.05, 3.63) is 66.0 Å². The zero-order valence-corrected chi connectivity index (χ0v) is 18.9. The number of anilines is 1. The van der Waals surface area contributed by atoms with Gasteiger partial charge in [0, 0.05) is 18.9 Å². The van der Waals surface area contributed by atoms with E-state index in [0.717, 1.165) is 29.9 Å². The van der Waals surface area contributed by atoms with E-state index < -0.39 is 0 Å². The van der Waals surface area contributed by atoms with Gasteiger partial charge in [-0.3, -0.25) is 14.5 Å².